The van der Waals surface area contributed by atoms with Gasteiger partial charge >= 0.3 is 0 Å². The minimum absolute atomic E-state index is 0.0222. The van der Waals surface area contributed by atoms with Crippen LogP contribution < -0.4 is 20.5 Å². The average molecular weight is 313 g/mol. The normalized spacial score (nSPS) is 15.4. The second kappa shape index (κ2) is 7.00. The lowest BCUT2D eigenvalue weighted by Crippen LogP contribution is -2.38. The fourth-order valence-corrected chi connectivity index (χ4v) is 2.40. The molecule has 1 fully saturated rings. The van der Waals surface area contributed by atoms with Gasteiger partial charge in [0.2, 0.25) is 0 Å². The lowest BCUT2D eigenvalue weighted by molar-refractivity contribution is 0.0950. The smallest absolute Gasteiger partial charge is 0.251 e. The second-order valence-corrected chi connectivity index (χ2v) is 5.54. The van der Waals surface area contributed by atoms with Gasteiger partial charge in [-0.05, 0) is 37.8 Å². The summed E-state index contributed by atoms with van der Waals surface area (Å²) in [5.41, 5.74) is 6.40. The number of halogens is 1. The van der Waals surface area contributed by atoms with Crippen molar-refractivity contribution in [2.45, 2.75) is 25.8 Å². The molecule has 0 bridgehead atoms. The highest BCUT2D eigenvalue weighted by Crippen LogP contribution is 2.36. The summed E-state index contributed by atoms with van der Waals surface area (Å²) in [5.74, 6) is 1.23. The molecule has 3 N–H and O–H groups in total. The lowest BCUT2D eigenvalue weighted by atomic mass is 10.1. The molecule has 1 aromatic rings. The van der Waals surface area contributed by atoms with Crippen LogP contribution >= 0.6 is 11.6 Å². The first-order valence-corrected chi connectivity index (χ1v) is 7.48. The number of nitrogens with one attached hydrogen (secondary N) is 1. The molecule has 0 saturated heterocycles. The number of carbonyl (C=O) groups excluding carboxylic acids is 1. The molecule has 0 radical (unpaired) electrons. The predicted octanol–water partition coefficient (Wildman–Crippen LogP) is 2.21. The van der Waals surface area contributed by atoms with Crippen LogP contribution in [0.5, 0.6) is 11.5 Å². The van der Waals surface area contributed by atoms with E-state index in [-0.39, 0.29) is 11.9 Å². The Balaban J connectivity index is 2.07. The first-order valence-electron chi connectivity index (χ1n) is 7.11. The third-order valence-electron chi connectivity index (χ3n) is 3.51. The van der Waals surface area contributed by atoms with Gasteiger partial charge in [0.25, 0.3) is 5.91 Å². The predicted molar refractivity (Wildman–Crippen MR) is 82.2 cm³/mol. The summed E-state index contributed by atoms with van der Waals surface area (Å²) < 4.78 is 10.7. The minimum atomic E-state index is -0.214. The van der Waals surface area contributed by atoms with Gasteiger partial charge in [0, 0.05) is 18.2 Å². The quantitative estimate of drug-likeness (QED) is 0.809. The van der Waals surface area contributed by atoms with Crippen molar-refractivity contribution in [3.05, 3.63) is 22.7 Å². The van der Waals surface area contributed by atoms with Crippen LogP contribution in [0.25, 0.3) is 0 Å². The van der Waals surface area contributed by atoms with Crippen LogP contribution in [0.2, 0.25) is 5.02 Å². The van der Waals surface area contributed by atoms with Crippen molar-refractivity contribution in [1.82, 2.24) is 5.32 Å². The molecule has 1 amide bonds. The molecule has 1 unspecified atom stereocenters. The number of carbonyl (C=O) groups is 1. The van der Waals surface area contributed by atoms with E-state index in [0.29, 0.717) is 41.2 Å². The number of ether oxygens (including phenoxy) is 2. The summed E-state index contributed by atoms with van der Waals surface area (Å²) in [6.45, 7) is 2.80. The molecule has 116 valence electrons. The van der Waals surface area contributed by atoms with Crippen LogP contribution in [0, 0.1) is 5.92 Å². The van der Waals surface area contributed by atoms with E-state index >= 15 is 0 Å². The van der Waals surface area contributed by atoms with Gasteiger partial charge in [-0.2, -0.15) is 0 Å². The maximum absolute atomic E-state index is 12.2. The van der Waals surface area contributed by atoms with Gasteiger partial charge in [0.15, 0.2) is 11.5 Å². The largest absolute Gasteiger partial charge is 0.493 e. The number of amides is 1. The van der Waals surface area contributed by atoms with Crippen molar-refractivity contribution in [2.24, 2.45) is 11.7 Å². The molecule has 6 heteroatoms. The summed E-state index contributed by atoms with van der Waals surface area (Å²) in [7, 11) is 1.51. The van der Waals surface area contributed by atoms with Crippen molar-refractivity contribution >= 4 is 17.5 Å². The molecule has 0 aromatic heterocycles. The maximum Gasteiger partial charge on any atom is 0.251 e. The molecule has 1 aliphatic carbocycles. The fourth-order valence-electron chi connectivity index (χ4n) is 2.14. The Hall–Kier alpha value is -1.46. The number of nitrogens with two attached hydrogens (primary N) is 1. The maximum atomic E-state index is 12.2. The molecule has 0 aliphatic heterocycles. The SMILES string of the molecule is CCOc1c(Cl)cc(C(=O)NCC(N)C2CC2)cc1OC. The first-order chi connectivity index (χ1) is 10.1. The van der Waals surface area contributed by atoms with Crippen molar-refractivity contribution in [3.63, 3.8) is 0 Å². The molecule has 1 aromatic carbocycles. The number of hydrogen-bond donors (Lipinski definition) is 2. The number of benzene rings is 1. The molecule has 1 atom stereocenters. The van der Waals surface area contributed by atoms with Crippen molar-refractivity contribution < 1.29 is 14.3 Å². The molecule has 5 nitrogen and oxygen atoms in total. The van der Waals surface area contributed by atoms with E-state index in [1.165, 1.54) is 7.11 Å². The van der Waals surface area contributed by atoms with Crippen molar-refractivity contribution in [2.75, 3.05) is 20.3 Å². The van der Waals surface area contributed by atoms with Crippen LogP contribution in [0.3, 0.4) is 0 Å². The monoisotopic (exact) mass is 312 g/mol. The lowest BCUT2D eigenvalue weighted by Gasteiger charge is -2.14. The molecule has 1 aliphatic rings. The van der Waals surface area contributed by atoms with E-state index in [1.807, 2.05) is 6.92 Å². The first kappa shape index (κ1) is 15.9. The Morgan fingerprint density at radius 3 is 2.81 bits per heavy atom. The van der Waals surface area contributed by atoms with Crippen LogP contribution in [0.15, 0.2) is 12.1 Å². The van der Waals surface area contributed by atoms with Gasteiger partial charge < -0.3 is 20.5 Å². The zero-order chi connectivity index (χ0) is 15.4. The highest BCUT2D eigenvalue weighted by Gasteiger charge is 2.28. The fraction of sp³-hybridized carbons (Fsp3) is 0.533. The van der Waals surface area contributed by atoms with Crippen LogP contribution in [-0.2, 0) is 0 Å². The zero-order valence-electron chi connectivity index (χ0n) is 12.3. The average Bonchev–Trinajstić information content (AvgIpc) is 3.31. The molecule has 0 spiro atoms. The number of rotatable bonds is 7. The van der Waals surface area contributed by atoms with E-state index in [0.717, 1.165) is 12.8 Å². The van der Waals surface area contributed by atoms with Gasteiger partial charge in [0.05, 0.1) is 18.7 Å². The highest BCUT2D eigenvalue weighted by molar-refractivity contribution is 6.32. The Kier molecular flexibility index (Phi) is 5.31. The van der Waals surface area contributed by atoms with Crippen molar-refractivity contribution in [1.29, 1.82) is 0 Å². The summed E-state index contributed by atoms with van der Waals surface area (Å²) in [6.07, 6.45) is 2.31. The molecule has 0 heterocycles. The third kappa shape index (κ3) is 4.02. The standard InChI is InChI=1S/C15H21ClN2O3/c1-3-21-14-11(16)6-10(7-13(14)20-2)15(19)18-8-12(17)9-4-5-9/h6-7,9,12H,3-5,8,17H2,1-2H3,(H,18,19). The Morgan fingerprint density at radius 1 is 1.52 bits per heavy atom. The summed E-state index contributed by atoms with van der Waals surface area (Å²) >= 11 is 6.15. The van der Waals surface area contributed by atoms with E-state index < -0.39 is 0 Å². The third-order valence-corrected chi connectivity index (χ3v) is 3.79. The van der Waals surface area contributed by atoms with E-state index in [2.05, 4.69) is 5.32 Å². The van der Waals surface area contributed by atoms with E-state index in [9.17, 15) is 4.79 Å². The van der Waals surface area contributed by atoms with Crippen LogP contribution in [0.4, 0.5) is 0 Å². The van der Waals surface area contributed by atoms with Gasteiger partial charge in [-0.3, -0.25) is 4.79 Å². The summed E-state index contributed by atoms with van der Waals surface area (Å²) in [5, 5.41) is 3.19. The summed E-state index contributed by atoms with van der Waals surface area (Å²) in [4.78, 5) is 12.2. The number of methoxy groups -OCH3 is 1. The Labute approximate surface area is 129 Å². The number of hydrogen-bond acceptors (Lipinski definition) is 4. The Morgan fingerprint density at radius 2 is 2.24 bits per heavy atom. The molecule has 2 rings (SSSR count). The molecular weight excluding hydrogens is 292 g/mol. The topological polar surface area (TPSA) is 73.6 Å². The summed E-state index contributed by atoms with van der Waals surface area (Å²) in [6, 6.07) is 3.22. The van der Waals surface area contributed by atoms with Gasteiger partial charge in [-0.15, -0.1) is 0 Å². The second-order valence-electron chi connectivity index (χ2n) is 5.13. The van der Waals surface area contributed by atoms with Crippen LogP contribution in [-0.4, -0.2) is 32.2 Å². The van der Waals surface area contributed by atoms with Gasteiger partial charge in [0.1, 0.15) is 0 Å². The van der Waals surface area contributed by atoms with Crippen LogP contribution in [0.1, 0.15) is 30.1 Å². The highest BCUT2D eigenvalue weighted by atomic mass is 35.5. The Bertz CT molecular complexity index is 518. The molecular formula is C15H21ClN2O3. The van der Waals surface area contributed by atoms with E-state index in [4.69, 9.17) is 26.8 Å². The van der Waals surface area contributed by atoms with Crippen molar-refractivity contribution in [3.8, 4) is 11.5 Å². The van der Waals surface area contributed by atoms with E-state index in [1.54, 1.807) is 12.1 Å². The molecule has 21 heavy (non-hydrogen) atoms. The van der Waals surface area contributed by atoms with Gasteiger partial charge in [-0.25, -0.2) is 0 Å². The molecule has 1 saturated carbocycles. The zero-order valence-corrected chi connectivity index (χ0v) is 13.1. The van der Waals surface area contributed by atoms with Gasteiger partial charge in [-0.1, -0.05) is 11.6 Å². The minimum Gasteiger partial charge on any atom is -0.493 e.